The first kappa shape index (κ1) is 12.3. The molecule has 0 aliphatic carbocycles. The lowest BCUT2D eigenvalue weighted by atomic mass is 9.76. The van der Waals surface area contributed by atoms with Crippen LogP contribution in [0.15, 0.2) is 0 Å². The van der Waals surface area contributed by atoms with E-state index in [4.69, 9.17) is 18.9 Å². The van der Waals surface area contributed by atoms with Crippen LogP contribution in [-0.4, -0.2) is 51.8 Å². The summed E-state index contributed by atoms with van der Waals surface area (Å²) < 4.78 is 22.7. The summed E-state index contributed by atoms with van der Waals surface area (Å²) in [7, 11) is 0. The molecule has 2 rings (SSSR count). The Kier molecular flexibility index (Phi) is 4.19. The smallest absolute Gasteiger partial charge is 0.0888 e. The minimum atomic E-state index is -0.0131. The second kappa shape index (κ2) is 5.45. The molecule has 16 heavy (non-hydrogen) atoms. The van der Waals surface area contributed by atoms with Gasteiger partial charge in [0.2, 0.25) is 0 Å². The highest BCUT2D eigenvalue weighted by Crippen LogP contribution is 2.36. The molecule has 0 N–H and O–H groups in total. The van der Waals surface area contributed by atoms with Gasteiger partial charge in [0, 0.05) is 5.41 Å². The first-order chi connectivity index (χ1) is 7.77. The van der Waals surface area contributed by atoms with Crippen molar-refractivity contribution in [3.8, 4) is 0 Å². The van der Waals surface area contributed by atoms with Crippen molar-refractivity contribution in [3.05, 3.63) is 0 Å². The van der Waals surface area contributed by atoms with Crippen LogP contribution in [0.25, 0.3) is 0 Å². The van der Waals surface area contributed by atoms with Crippen molar-refractivity contribution in [3.63, 3.8) is 0 Å². The van der Waals surface area contributed by atoms with Crippen molar-refractivity contribution in [1.29, 1.82) is 0 Å². The number of hydrogen-bond acceptors (Lipinski definition) is 4. The molecule has 2 fully saturated rings. The van der Waals surface area contributed by atoms with Crippen LogP contribution < -0.4 is 0 Å². The standard InChI is InChI=1S/C12H22O4/c1-3-12(2,10-8-13-4-6-15-10)11-9-14-5-7-16-11/h10-11H,3-9H2,1-2H3. The van der Waals surface area contributed by atoms with Gasteiger partial charge in [-0.05, 0) is 6.42 Å². The van der Waals surface area contributed by atoms with Gasteiger partial charge < -0.3 is 18.9 Å². The minimum absolute atomic E-state index is 0.0131. The van der Waals surface area contributed by atoms with Gasteiger partial charge in [0.25, 0.3) is 0 Å². The van der Waals surface area contributed by atoms with Gasteiger partial charge in [-0.25, -0.2) is 0 Å². The lowest BCUT2D eigenvalue weighted by molar-refractivity contribution is -0.205. The van der Waals surface area contributed by atoms with Crippen LogP contribution in [-0.2, 0) is 18.9 Å². The molecule has 0 aromatic rings. The molecular weight excluding hydrogens is 208 g/mol. The topological polar surface area (TPSA) is 36.9 Å². The summed E-state index contributed by atoms with van der Waals surface area (Å²) in [5.41, 5.74) is -0.0131. The van der Waals surface area contributed by atoms with Gasteiger partial charge >= 0.3 is 0 Å². The van der Waals surface area contributed by atoms with Crippen molar-refractivity contribution < 1.29 is 18.9 Å². The van der Waals surface area contributed by atoms with Crippen LogP contribution in [0.2, 0.25) is 0 Å². The second-order valence-electron chi connectivity index (χ2n) is 4.73. The maximum absolute atomic E-state index is 5.83. The van der Waals surface area contributed by atoms with Crippen molar-refractivity contribution in [2.24, 2.45) is 5.41 Å². The SMILES string of the molecule is CCC(C)(C1COCCO1)C1COCCO1. The molecule has 0 saturated carbocycles. The summed E-state index contributed by atoms with van der Waals surface area (Å²) in [5, 5.41) is 0. The maximum Gasteiger partial charge on any atom is 0.0888 e. The lowest BCUT2D eigenvalue weighted by Crippen LogP contribution is -2.52. The number of ether oxygens (including phenoxy) is 4. The molecule has 94 valence electrons. The zero-order valence-electron chi connectivity index (χ0n) is 10.2. The molecule has 4 heteroatoms. The Morgan fingerprint density at radius 1 is 0.938 bits per heavy atom. The Labute approximate surface area is 97.2 Å². The van der Waals surface area contributed by atoms with Crippen LogP contribution in [0, 0.1) is 5.41 Å². The van der Waals surface area contributed by atoms with Gasteiger partial charge in [0.1, 0.15) is 0 Å². The molecule has 4 nitrogen and oxygen atoms in total. The molecule has 2 heterocycles. The Bertz CT molecular complexity index is 189. The number of rotatable bonds is 3. The summed E-state index contributed by atoms with van der Waals surface area (Å²) in [6.07, 6.45) is 1.26. The fourth-order valence-corrected chi connectivity index (χ4v) is 2.40. The third kappa shape index (κ3) is 2.40. The zero-order chi connectivity index (χ0) is 11.4. The van der Waals surface area contributed by atoms with Gasteiger partial charge in [-0.2, -0.15) is 0 Å². The van der Waals surface area contributed by atoms with Crippen LogP contribution in [0.4, 0.5) is 0 Å². The Morgan fingerprint density at radius 3 is 1.75 bits per heavy atom. The molecule has 0 spiro atoms. The van der Waals surface area contributed by atoms with E-state index in [-0.39, 0.29) is 17.6 Å². The summed E-state index contributed by atoms with van der Waals surface area (Å²) >= 11 is 0. The molecule has 2 saturated heterocycles. The Hall–Kier alpha value is -0.160. The largest absolute Gasteiger partial charge is 0.376 e. The van der Waals surface area contributed by atoms with Crippen LogP contribution in [0.3, 0.4) is 0 Å². The summed E-state index contributed by atoms with van der Waals surface area (Å²) in [6.45, 7) is 8.52. The van der Waals surface area contributed by atoms with Gasteiger partial charge in [0.15, 0.2) is 0 Å². The van der Waals surface area contributed by atoms with E-state index in [0.29, 0.717) is 39.6 Å². The first-order valence-electron chi connectivity index (χ1n) is 6.16. The summed E-state index contributed by atoms with van der Waals surface area (Å²) in [5.74, 6) is 0. The molecule has 0 aromatic carbocycles. The second-order valence-corrected chi connectivity index (χ2v) is 4.73. The van der Waals surface area contributed by atoms with E-state index in [9.17, 15) is 0 Å². The molecule has 2 atom stereocenters. The van der Waals surface area contributed by atoms with Crippen molar-refractivity contribution in [2.45, 2.75) is 32.5 Å². The molecular formula is C12H22O4. The third-order valence-corrected chi connectivity index (χ3v) is 3.86. The van der Waals surface area contributed by atoms with Crippen LogP contribution >= 0.6 is 0 Å². The van der Waals surface area contributed by atoms with Gasteiger partial charge in [-0.1, -0.05) is 13.8 Å². The van der Waals surface area contributed by atoms with Gasteiger partial charge in [-0.3, -0.25) is 0 Å². The zero-order valence-corrected chi connectivity index (χ0v) is 10.2. The Morgan fingerprint density at radius 2 is 1.44 bits per heavy atom. The fourth-order valence-electron chi connectivity index (χ4n) is 2.40. The maximum atomic E-state index is 5.83. The normalized spacial score (nSPS) is 35.6. The van der Waals surface area contributed by atoms with E-state index >= 15 is 0 Å². The monoisotopic (exact) mass is 230 g/mol. The summed E-state index contributed by atoms with van der Waals surface area (Å²) in [6, 6.07) is 0. The number of hydrogen-bond donors (Lipinski definition) is 0. The molecule has 0 aromatic heterocycles. The Balaban J connectivity index is 2.03. The predicted molar refractivity (Wildman–Crippen MR) is 59.5 cm³/mol. The quantitative estimate of drug-likeness (QED) is 0.731. The molecule has 0 bridgehead atoms. The van der Waals surface area contributed by atoms with E-state index in [1.54, 1.807) is 0 Å². The van der Waals surface area contributed by atoms with E-state index in [1.165, 1.54) is 0 Å². The average molecular weight is 230 g/mol. The van der Waals surface area contributed by atoms with Gasteiger partial charge in [-0.15, -0.1) is 0 Å². The van der Waals surface area contributed by atoms with E-state index < -0.39 is 0 Å². The summed E-state index contributed by atoms with van der Waals surface area (Å²) in [4.78, 5) is 0. The molecule has 0 radical (unpaired) electrons. The van der Waals surface area contributed by atoms with E-state index in [2.05, 4.69) is 13.8 Å². The van der Waals surface area contributed by atoms with Crippen molar-refractivity contribution in [2.75, 3.05) is 39.6 Å². The van der Waals surface area contributed by atoms with Crippen LogP contribution in [0.1, 0.15) is 20.3 Å². The minimum Gasteiger partial charge on any atom is -0.376 e. The molecule has 2 unspecified atom stereocenters. The van der Waals surface area contributed by atoms with Gasteiger partial charge in [0.05, 0.1) is 51.8 Å². The highest BCUT2D eigenvalue weighted by molar-refractivity contribution is 4.91. The predicted octanol–water partition coefficient (Wildman–Crippen LogP) is 1.23. The third-order valence-electron chi connectivity index (χ3n) is 3.86. The van der Waals surface area contributed by atoms with Crippen LogP contribution in [0.5, 0.6) is 0 Å². The molecule has 2 aliphatic rings. The first-order valence-corrected chi connectivity index (χ1v) is 6.16. The fraction of sp³-hybridized carbons (Fsp3) is 1.00. The highest BCUT2D eigenvalue weighted by atomic mass is 16.6. The highest BCUT2D eigenvalue weighted by Gasteiger charge is 2.43. The van der Waals surface area contributed by atoms with E-state index in [1.807, 2.05) is 0 Å². The molecule has 0 amide bonds. The average Bonchev–Trinajstić information content (AvgIpc) is 2.40. The van der Waals surface area contributed by atoms with Crippen molar-refractivity contribution >= 4 is 0 Å². The van der Waals surface area contributed by atoms with Crippen molar-refractivity contribution in [1.82, 2.24) is 0 Å². The lowest BCUT2D eigenvalue weighted by Gasteiger charge is -2.45. The van der Waals surface area contributed by atoms with E-state index in [0.717, 1.165) is 6.42 Å². The molecule has 2 aliphatic heterocycles.